The second-order valence-corrected chi connectivity index (χ2v) is 4.71. The molecule has 92 valence electrons. The van der Waals surface area contributed by atoms with Gasteiger partial charge in [0.05, 0.1) is 12.2 Å². The highest BCUT2D eigenvalue weighted by atomic mass is 32.1. The zero-order valence-corrected chi connectivity index (χ0v) is 10.9. The van der Waals surface area contributed by atoms with Crippen LogP contribution in [0.2, 0.25) is 0 Å². The van der Waals surface area contributed by atoms with E-state index in [-0.39, 0.29) is 0 Å². The van der Waals surface area contributed by atoms with Crippen molar-refractivity contribution in [2.45, 2.75) is 39.8 Å². The molecule has 0 aliphatic heterocycles. The van der Waals surface area contributed by atoms with Gasteiger partial charge in [-0.1, -0.05) is 30.4 Å². The minimum absolute atomic E-state index is 0.397. The van der Waals surface area contributed by atoms with Gasteiger partial charge in [0.25, 0.3) is 5.89 Å². The van der Waals surface area contributed by atoms with Gasteiger partial charge in [-0.3, -0.25) is 0 Å². The first-order valence-corrected chi connectivity index (χ1v) is 6.35. The lowest BCUT2D eigenvalue weighted by atomic mass is 10.3. The van der Waals surface area contributed by atoms with Crippen LogP contribution < -0.4 is 5.32 Å². The molecule has 0 saturated heterocycles. The van der Waals surface area contributed by atoms with Gasteiger partial charge in [-0.05, 0) is 18.0 Å². The Kier molecular flexibility index (Phi) is 3.80. The Hall–Kier alpha value is -1.34. The van der Waals surface area contributed by atoms with Crippen LogP contribution in [0.5, 0.6) is 0 Å². The predicted octanol–water partition coefficient (Wildman–Crippen LogP) is 1.65. The molecule has 2 heterocycles. The molecule has 2 aromatic heterocycles. The van der Waals surface area contributed by atoms with Crippen LogP contribution in [0.15, 0.2) is 4.52 Å². The Bertz CT molecular complexity index is 479. The summed E-state index contributed by atoms with van der Waals surface area (Å²) < 4.78 is 9.11. The van der Waals surface area contributed by atoms with E-state index in [1.807, 2.05) is 6.92 Å². The van der Waals surface area contributed by atoms with Crippen molar-refractivity contribution >= 4 is 11.5 Å². The molecule has 0 aromatic carbocycles. The number of aromatic nitrogens is 4. The van der Waals surface area contributed by atoms with Crippen molar-refractivity contribution in [2.24, 2.45) is 0 Å². The van der Waals surface area contributed by atoms with Crippen LogP contribution in [0.25, 0.3) is 10.8 Å². The second-order valence-electron chi connectivity index (χ2n) is 3.95. The molecule has 0 spiro atoms. The Morgan fingerprint density at radius 1 is 1.41 bits per heavy atom. The predicted molar refractivity (Wildman–Crippen MR) is 64.6 cm³/mol. The van der Waals surface area contributed by atoms with Crippen molar-refractivity contribution in [1.29, 1.82) is 0 Å². The van der Waals surface area contributed by atoms with Gasteiger partial charge in [0.1, 0.15) is 4.88 Å². The fourth-order valence-electron chi connectivity index (χ4n) is 1.32. The van der Waals surface area contributed by atoms with Gasteiger partial charge in [0.15, 0.2) is 5.82 Å². The van der Waals surface area contributed by atoms with E-state index in [2.05, 4.69) is 38.9 Å². The molecular weight excluding hydrogens is 238 g/mol. The molecule has 0 radical (unpaired) electrons. The molecule has 17 heavy (non-hydrogen) atoms. The van der Waals surface area contributed by atoms with Crippen LogP contribution in [0.4, 0.5) is 0 Å². The molecular formula is C10H15N5OS. The summed E-state index contributed by atoms with van der Waals surface area (Å²) in [6.45, 7) is 6.78. The quantitative estimate of drug-likeness (QED) is 0.873. The van der Waals surface area contributed by atoms with Crippen LogP contribution in [0, 0.1) is 0 Å². The van der Waals surface area contributed by atoms with Crippen LogP contribution in [-0.2, 0) is 13.0 Å². The van der Waals surface area contributed by atoms with Crippen LogP contribution in [-0.4, -0.2) is 25.8 Å². The van der Waals surface area contributed by atoms with Crippen LogP contribution in [0.3, 0.4) is 0 Å². The summed E-state index contributed by atoms with van der Waals surface area (Å²) in [6.07, 6.45) is 0.813. The first-order chi connectivity index (χ1) is 8.20. The molecule has 0 bridgehead atoms. The topological polar surface area (TPSA) is 76.7 Å². The molecule has 2 aromatic rings. The SMILES string of the molecule is CCc1nnsc1-c1nc(CNC(C)C)no1. The number of nitrogens with one attached hydrogen (secondary N) is 1. The van der Waals surface area contributed by atoms with Gasteiger partial charge in [-0.15, -0.1) is 5.10 Å². The molecule has 0 saturated carbocycles. The van der Waals surface area contributed by atoms with E-state index in [1.54, 1.807) is 0 Å². The smallest absolute Gasteiger partial charge is 0.271 e. The Balaban J connectivity index is 2.12. The molecule has 0 aliphatic rings. The van der Waals surface area contributed by atoms with Crippen LogP contribution >= 0.6 is 11.5 Å². The van der Waals surface area contributed by atoms with Gasteiger partial charge in [-0.2, -0.15) is 4.98 Å². The zero-order valence-electron chi connectivity index (χ0n) is 10.1. The summed E-state index contributed by atoms with van der Waals surface area (Å²) in [5, 5.41) is 11.2. The maximum Gasteiger partial charge on any atom is 0.271 e. The van der Waals surface area contributed by atoms with Crippen molar-refractivity contribution in [1.82, 2.24) is 25.0 Å². The summed E-state index contributed by atoms with van der Waals surface area (Å²) in [6, 6.07) is 0.397. The molecule has 0 aliphatic carbocycles. The fraction of sp³-hybridized carbons (Fsp3) is 0.600. The molecule has 7 heteroatoms. The number of rotatable bonds is 5. The zero-order chi connectivity index (χ0) is 12.3. The lowest BCUT2D eigenvalue weighted by Crippen LogP contribution is -2.22. The average Bonchev–Trinajstić information content (AvgIpc) is 2.94. The molecule has 0 amide bonds. The summed E-state index contributed by atoms with van der Waals surface area (Å²) in [5.41, 5.74) is 0.905. The Morgan fingerprint density at radius 3 is 2.94 bits per heavy atom. The first-order valence-electron chi connectivity index (χ1n) is 5.58. The Morgan fingerprint density at radius 2 is 2.24 bits per heavy atom. The number of aryl methyl sites for hydroxylation is 1. The summed E-state index contributed by atoms with van der Waals surface area (Å²) in [7, 11) is 0. The number of nitrogens with zero attached hydrogens (tertiary/aromatic N) is 4. The first kappa shape index (κ1) is 12.1. The second kappa shape index (κ2) is 5.33. The fourth-order valence-corrected chi connectivity index (χ4v) is 1.99. The number of hydrogen-bond acceptors (Lipinski definition) is 7. The van der Waals surface area contributed by atoms with Crippen molar-refractivity contribution in [3.05, 3.63) is 11.5 Å². The normalized spacial score (nSPS) is 11.3. The minimum Gasteiger partial charge on any atom is -0.333 e. The largest absolute Gasteiger partial charge is 0.333 e. The van der Waals surface area contributed by atoms with E-state index >= 15 is 0 Å². The van der Waals surface area contributed by atoms with Crippen LogP contribution in [0.1, 0.15) is 32.3 Å². The highest BCUT2D eigenvalue weighted by Crippen LogP contribution is 2.24. The van der Waals surface area contributed by atoms with E-state index < -0.39 is 0 Å². The van der Waals surface area contributed by atoms with Gasteiger partial charge >= 0.3 is 0 Å². The summed E-state index contributed by atoms with van der Waals surface area (Å²) in [4.78, 5) is 5.19. The maximum atomic E-state index is 5.21. The standard InChI is InChI=1S/C10H15N5OS/c1-4-7-9(17-15-13-7)10-12-8(14-16-10)5-11-6(2)3/h6,11H,4-5H2,1-3H3. The molecule has 0 unspecified atom stereocenters. The molecule has 1 N–H and O–H groups in total. The van der Waals surface area contributed by atoms with Gasteiger partial charge in [-0.25, -0.2) is 0 Å². The van der Waals surface area contributed by atoms with Crippen molar-refractivity contribution < 1.29 is 4.52 Å². The lowest BCUT2D eigenvalue weighted by molar-refractivity contribution is 0.417. The lowest BCUT2D eigenvalue weighted by Gasteiger charge is -2.02. The molecule has 2 rings (SSSR count). The van der Waals surface area contributed by atoms with Gasteiger partial charge in [0, 0.05) is 6.04 Å². The van der Waals surface area contributed by atoms with Crippen molar-refractivity contribution in [3.8, 4) is 10.8 Å². The van der Waals surface area contributed by atoms with Crippen molar-refractivity contribution in [3.63, 3.8) is 0 Å². The van der Waals surface area contributed by atoms with E-state index in [1.165, 1.54) is 11.5 Å². The summed E-state index contributed by atoms with van der Waals surface area (Å²) in [5.74, 6) is 1.17. The van der Waals surface area contributed by atoms with E-state index in [9.17, 15) is 0 Å². The van der Waals surface area contributed by atoms with Crippen molar-refractivity contribution in [2.75, 3.05) is 0 Å². The highest BCUT2D eigenvalue weighted by molar-refractivity contribution is 7.09. The third-order valence-corrected chi connectivity index (χ3v) is 2.98. The molecule has 0 atom stereocenters. The highest BCUT2D eigenvalue weighted by Gasteiger charge is 2.15. The van der Waals surface area contributed by atoms with E-state index in [4.69, 9.17) is 4.52 Å². The molecule has 0 fully saturated rings. The maximum absolute atomic E-state index is 5.21. The Labute approximate surface area is 104 Å². The average molecular weight is 253 g/mol. The third-order valence-electron chi connectivity index (χ3n) is 2.22. The minimum atomic E-state index is 0.397. The molecule has 6 nitrogen and oxygen atoms in total. The third kappa shape index (κ3) is 2.86. The number of hydrogen-bond donors (Lipinski definition) is 1. The van der Waals surface area contributed by atoms with E-state index in [0.717, 1.165) is 17.0 Å². The van der Waals surface area contributed by atoms with Gasteiger partial charge in [0.2, 0.25) is 0 Å². The van der Waals surface area contributed by atoms with Gasteiger partial charge < -0.3 is 9.84 Å². The monoisotopic (exact) mass is 253 g/mol. The van der Waals surface area contributed by atoms with E-state index in [0.29, 0.717) is 24.3 Å². The summed E-state index contributed by atoms with van der Waals surface area (Å²) >= 11 is 1.29.